The number of benzene rings is 1. The summed E-state index contributed by atoms with van der Waals surface area (Å²) in [6, 6.07) is 4.38. The molecule has 3 aliphatic rings. The van der Waals surface area contributed by atoms with Crippen LogP contribution in [-0.2, 0) is 13.5 Å². The molecular formula is C28H45Cl2NO3PRu+. The number of ether oxygens (including phenoxy) is 1. The van der Waals surface area contributed by atoms with Crippen molar-refractivity contribution in [1.29, 1.82) is 0 Å². The molecule has 0 aromatic heterocycles. The van der Waals surface area contributed by atoms with Crippen molar-refractivity contribution in [2.45, 2.75) is 133 Å². The van der Waals surface area contributed by atoms with Gasteiger partial charge in [0.05, 0.1) is 17.0 Å². The second-order valence-corrected chi connectivity index (χ2v) is 20.1. The molecule has 4 nitrogen and oxygen atoms in total. The SMILES string of the molecule is C1CCC([PH+](C2CCCCC2)C2CCCCC2)CC1.CC(C)Oc1ccc([N+](=O)[O-])cc1[CH]=[Ru]([Cl])[Cl]. The van der Waals surface area contributed by atoms with Gasteiger partial charge in [0.25, 0.3) is 0 Å². The van der Waals surface area contributed by atoms with Gasteiger partial charge in [-0.25, -0.2) is 0 Å². The van der Waals surface area contributed by atoms with Gasteiger partial charge in [0.15, 0.2) is 0 Å². The van der Waals surface area contributed by atoms with Gasteiger partial charge < -0.3 is 0 Å². The topological polar surface area (TPSA) is 52.4 Å². The third kappa shape index (κ3) is 9.91. The van der Waals surface area contributed by atoms with Gasteiger partial charge in [-0.05, 0) is 77.0 Å². The van der Waals surface area contributed by atoms with E-state index >= 15 is 0 Å². The van der Waals surface area contributed by atoms with Crippen LogP contribution in [0.3, 0.4) is 0 Å². The predicted octanol–water partition coefficient (Wildman–Crippen LogP) is 9.66. The Bertz CT molecular complexity index is 804. The Balaban J connectivity index is 0.000000202. The molecule has 0 aliphatic heterocycles. The van der Waals surface area contributed by atoms with Gasteiger partial charge in [-0.15, -0.1) is 0 Å². The standard InChI is InChI=1S/C18H33P.C10H11NO3.2ClH.Ru/c1-4-10-16(11-5-1)19(17-12-6-2-7-13-17)18-14-8-3-9-15-18;1-7(2)14-10-5-4-9(11(12)13)6-8(10)3;;;/h16-18H,1-15H2;3-7H,1-2H3;2*1H;/q;;;;+2/p-1. The molecule has 3 aliphatic carbocycles. The number of rotatable bonds is 7. The molecule has 0 unspecified atom stereocenters. The first-order valence-corrected chi connectivity index (χ1v) is 21.2. The number of nitro benzene ring substituents is 1. The minimum absolute atomic E-state index is 0.00360. The molecule has 36 heavy (non-hydrogen) atoms. The van der Waals surface area contributed by atoms with Crippen LogP contribution in [0.15, 0.2) is 18.2 Å². The Morgan fingerprint density at radius 2 is 1.33 bits per heavy atom. The molecule has 0 amide bonds. The van der Waals surface area contributed by atoms with Crippen LogP contribution >= 0.6 is 27.3 Å². The zero-order valence-corrected chi connectivity index (χ0v) is 26.3. The Morgan fingerprint density at radius 1 is 0.889 bits per heavy atom. The molecule has 0 spiro atoms. The van der Waals surface area contributed by atoms with Crippen molar-refractivity contribution in [1.82, 2.24) is 0 Å². The van der Waals surface area contributed by atoms with Crippen molar-refractivity contribution in [2.75, 3.05) is 0 Å². The average Bonchev–Trinajstić information content (AvgIpc) is 2.87. The summed E-state index contributed by atoms with van der Waals surface area (Å²) in [4.78, 5) is 10.2. The van der Waals surface area contributed by atoms with Crippen LogP contribution in [0.4, 0.5) is 5.69 Å². The van der Waals surface area contributed by atoms with Crippen molar-refractivity contribution in [3.63, 3.8) is 0 Å². The average molecular weight is 647 g/mol. The number of hydrogen-bond acceptors (Lipinski definition) is 3. The second kappa shape index (κ2) is 16.1. The molecule has 0 radical (unpaired) electrons. The fraction of sp³-hybridized carbons (Fsp3) is 0.750. The number of nitrogens with zero attached hydrogens (tertiary/aromatic N) is 1. The minimum atomic E-state index is -2.05. The molecule has 0 atom stereocenters. The monoisotopic (exact) mass is 646 g/mol. The molecule has 4 rings (SSSR count). The van der Waals surface area contributed by atoms with Crippen molar-refractivity contribution in [2.24, 2.45) is 0 Å². The van der Waals surface area contributed by atoms with Crippen LogP contribution in [0.5, 0.6) is 5.75 Å². The number of hydrogen-bond donors (Lipinski definition) is 0. The molecule has 1 aromatic rings. The Hall–Kier alpha value is -0.0766. The van der Waals surface area contributed by atoms with E-state index in [-0.39, 0.29) is 19.7 Å². The fourth-order valence-corrected chi connectivity index (χ4v) is 13.5. The van der Waals surface area contributed by atoms with E-state index in [1.54, 1.807) is 107 Å². The molecular weight excluding hydrogens is 601 g/mol. The Kier molecular flexibility index (Phi) is 13.6. The maximum atomic E-state index is 10.7. The molecule has 3 fully saturated rings. The van der Waals surface area contributed by atoms with Crippen molar-refractivity contribution in [3.8, 4) is 5.75 Å². The Labute approximate surface area is 232 Å². The summed E-state index contributed by atoms with van der Waals surface area (Å²) >= 11 is -2.05. The van der Waals surface area contributed by atoms with Crippen LogP contribution < -0.4 is 4.74 Å². The third-order valence-corrected chi connectivity index (χ3v) is 14.4. The molecule has 1 aromatic carbocycles. The van der Waals surface area contributed by atoms with E-state index in [1.165, 1.54) is 29.1 Å². The molecule has 0 saturated heterocycles. The van der Waals surface area contributed by atoms with Crippen molar-refractivity contribution >= 4 is 37.6 Å². The van der Waals surface area contributed by atoms with Crippen LogP contribution in [-0.4, -0.2) is 32.6 Å². The van der Waals surface area contributed by atoms with E-state index in [0.29, 0.717) is 11.3 Å². The number of non-ortho nitro benzene ring substituents is 1. The molecule has 8 heteroatoms. The van der Waals surface area contributed by atoms with Gasteiger partial charge in [0.2, 0.25) is 0 Å². The zero-order valence-electron chi connectivity index (χ0n) is 22.0. The van der Waals surface area contributed by atoms with Gasteiger partial charge in [-0.2, -0.15) is 0 Å². The summed E-state index contributed by atoms with van der Waals surface area (Å²) in [6.07, 6.45) is 23.8. The first-order chi connectivity index (χ1) is 17.3. The van der Waals surface area contributed by atoms with Gasteiger partial charge in [0, 0.05) is 7.92 Å². The van der Waals surface area contributed by atoms with Gasteiger partial charge in [-0.1, -0.05) is 19.3 Å². The van der Waals surface area contributed by atoms with Crippen LogP contribution in [0.1, 0.15) is 116 Å². The normalized spacial score (nSPS) is 20.6. The molecule has 206 valence electrons. The first-order valence-electron chi connectivity index (χ1n) is 14.0. The van der Waals surface area contributed by atoms with Crippen molar-refractivity contribution < 1.29 is 23.2 Å². The van der Waals surface area contributed by atoms with Crippen LogP contribution in [0.25, 0.3) is 0 Å². The summed E-state index contributed by atoms with van der Waals surface area (Å²) < 4.78 is 7.17. The molecule has 0 N–H and O–H groups in total. The van der Waals surface area contributed by atoms with E-state index in [1.807, 2.05) is 13.8 Å². The second-order valence-electron chi connectivity index (χ2n) is 11.0. The maximum absolute atomic E-state index is 10.7. The van der Waals surface area contributed by atoms with Crippen molar-refractivity contribution in [3.05, 3.63) is 33.9 Å². The van der Waals surface area contributed by atoms with Gasteiger partial charge in [-0.3, -0.25) is 0 Å². The van der Waals surface area contributed by atoms with Gasteiger partial charge >= 0.3 is 112 Å². The third-order valence-electron chi connectivity index (χ3n) is 7.98. The Morgan fingerprint density at radius 3 is 1.69 bits per heavy atom. The van der Waals surface area contributed by atoms with E-state index in [4.69, 9.17) is 24.1 Å². The summed E-state index contributed by atoms with van der Waals surface area (Å²) in [6.45, 7) is 3.75. The molecule has 0 bridgehead atoms. The summed E-state index contributed by atoms with van der Waals surface area (Å²) in [5.74, 6) is 0.561. The van der Waals surface area contributed by atoms with E-state index in [2.05, 4.69) is 0 Å². The summed E-state index contributed by atoms with van der Waals surface area (Å²) in [7, 11) is 11.5. The molecule has 3 saturated carbocycles. The zero-order chi connectivity index (χ0) is 25.9. The first kappa shape index (κ1) is 30.5. The fourth-order valence-electron chi connectivity index (χ4n) is 6.48. The summed E-state index contributed by atoms with van der Waals surface area (Å²) in [5.41, 5.74) is 4.26. The van der Waals surface area contributed by atoms with Crippen LogP contribution in [0, 0.1) is 10.1 Å². The number of halogens is 2. The van der Waals surface area contributed by atoms with Gasteiger partial charge in [0.1, 0.15) is 0 Å². The summed E-state index contributed by atoms with van der Waals surface area (Å²) in [5, 5.41) is 10.7. The van der Waals surface area contributed by atoms with Crippen LogP contribution in [0.2, 0.25) is 0 Å². The number of nitro groups is 1. The predicted molar refractivity (Wildman–Crippen MR) is 155 cm³/mol. The van der Waals surface area contributed by atoms with E-state index in [0.717, 1.165) is 0 Å². The quantitative estimate of drug-likeness (QED) is 0.128. The van der Waals surface area contributed by atoms with E-state index in [9.17, 15) is 10.1 Å². The van der Waals surface area contributed by atoms with E-state index < -0.39 is 18.4 Å². The molecule has 0 heterocycles.